The molecule has 0 spiro atoms. The third-order valence-corrected chi connectivity index (χ3v) is 4.19. The van der Waals surface area contributed by atoms with Crippen molar-refractivity contribution in [2.24, 2.45) is 5.92 Å². The normalized spacial score (nSPS) is 18.4. The number of anilines is 1. The molecule has 1 aliphatic rings. The molecule has 20 heavy (non-hydrogen) atoms. The van der Waals surface area contributed by atoms with Crippen LogP contribution in [0.25, 0.3) is 0 Å². The van der Waals surface area contributed by atoms with E-state index in [0.29, 0.717) is 5.92 Å². The molecule has 110 valence electrons. The summed E-state index contributed by atoms with van der Waals surface area (Å²) in [7, 11) is 0. The second kappa shape index (κ2) is 6.78. The number of hydrogen-bond donors (Lipinski definition) is 1. The van der Waals surface area contributed by atoms with Crippen LogP contribution in [0.1, 0.15) is 49.0 Å². The van der Waals surface area contributed by atoms with Gasteiger partial charge in [-0.2, -0.15) is 0 Å². The molecule has 3 nitrogen and oxygen atoms in total. The van der Waals surface area contributed by atoms with E-state index in [4.69, 9.17) is 0 Å². The summed E-state index contributed by atoms with van der Waals surface area (Å²) >= 11 is 0. The summed E-state index contributed by atoms with van der Waals surface area (Å²) in [5.41, 5.74) is 3.02. The first kappa shape index (κ1) is 14.9. The van der Waals surface area contributed by atoms with Crippen LogP contribution in [0.5, 0.6) is 0 Å². The molecule has 1 fully saturated rings. The number of benzene rings is 1. The molecule has 0 aliphatic carbocycles. The summed E-state index contributed by atoms with van der Waals surface area (Å²) in [6, 6.07) is 6.06. The maximum atomic E-state index is 12.6. The van der Waals surface area contributed by atoms with E-state index in [1.54, 1.807) is 0 Å². The summed E-state index contributed by atoms with van der Waals surface area (Å²) in [4.78, 5) is 14.6. The van der Waals surface area contributed by atoms with E-state index in [0.717, 1.165) is 49.3 Å². The first-order valence-electron chi connectivity index (χ1n) is 7.79. The Bertz CT molecular complexity index is 470. The van der Waals surface area contributed by atoms with Gasteiger partial charge >= 0.3 is 0 Å². The lowest BCUT2D eigenvalue weighted by molar-refractivity contribution is 0.0786. The van der Waals surface area contributed by atoms with Crippen LogP contribution in [0.2, 0.25) is 0 Å². The number of carbonyl (C=O) groups is 1. The highest BCUT2D eigenvalue weighted by Crippen LogP contribution is 2.23. The molecule has 1 N–H and O–H groups in total. The minimum absolute atomic E-state index is 0.195. The molecule has 0 radical (unpaired) electrons. The van der Waals surface area contributed by atoms with Gasteiger partial charge in [0.1, 0.15) is 0 Å². The van der Waals surface area contributed by atoms with E-state index in [-0.39, 0.29) is 5.91 Å². The van der Waals surface area contributed by atoms with Gasteiger partial charge in [-0.05, 0) is 49.4 Å². The van der Waals surface area contributed by atoms with E-state index in [2.05, 4.69) is 25.2 Å². The van der Waals surface area contributed by atoms with Crippen LogP contribution in [0.3, 0.4) is 0 Å². The van der Waals surface area contributed by atoms with Gasteiger partial charge in [0.15, 0.2) is 0 Å². The van der Waals surface area contributed by atoms with Gasteiger partial charge in [-0.15, -0.1) is 0 Å². The second-order valence-electron chi connectivity index (χ2n) is 5.77. The number of likely N-dealkylation sites (tertiary alicyclic amines) is 1. The third kappa shape index (κ3) is 3.33. The fourth-order valence-electron chi connectivity index (χ4n) is 2.80. The molecule has 1 heterocycles. The van der Waals surface area contributed by atoms with Gasteiger partial charge in [0.05, 0.1) is 0 Å². The van der Waals surface area contributed by atoms with Crippen LogP contribution in [0, 0.1) is 12.8 Å². The van der Waals surface area contributed by atoms with Gasteiger partial charge in [0, 0.05) is 30.9 Å². The highest BCUT2D eigenvalue weighted by molar-refractivity contribution is 5.96. The molecule has 0 saturated carbocycles. The van der Waals surface area contributed by atoms with Crippen LogP contribution in [0.4, 0.5) is 5.69 Å². The van der Waals surface area contributed by atoms with Crippen molar-refractivity contribution in [2.75, 3.05) is 25.0 Å². The number of amides is 1. The summed E-state index contributed by atoms with van der Waals surface area (Å²) in [6.07, 6.45) is 3.42. The Hall–Kier alpha value is -1.51. The van der Waals surface area contributed by atoms with Gasteiger partial charge in [0.25, 0.3) is 5.91 Å². The molecule has 3 heteroatoms. The van der Waals surface area contributed by atoms with E-state index in [1.165, 1.54) is 6.42 Å². The van der Waals surface area contributed by atoms with Crippen LogP contribution >= 0.6 is 0 Å². The smallest absolute Gasteiger partial charge is 0.254 e. The summed E-state index contributed by atoms with van der Waals surface area (Å²) < 4.78 is 0. The first-order chi connectivity index (χ1) is 9.65. The van der Waals surface area contributed by atoms with Crippen molar-refractivity contribution in [2.45, 2.75) is 40.0 Å². The number of rotatable bonds is 5. The summed E-state index contributed by atoms with van der Waals surface area (Å²) in [5.74, 6) is 0.880. The molecule has 1 unspecified atom stereocenters. The minimum atomic E-state index is 0.195. The Morgan fingerprint density at radius 2 is 2.20 bits per heavy atom. The molecule has 1 aromatic carbocycles. The lowest BCUT2D eigenvalue weighted by atomic mass is 10.1. The molecule has 1 saturated heterocycles. The summed E-state index contributed by atoms with van der Waals surface area (Å²) in [5, 5.41) is 3.36. The Morgan fingerprint density at radius 3 is 2.80 bits per heavy atom. The SMILES string of the molecule is CCCNc1ccc(C(=O)N2CCC(CC)C2)c(C)c1. The molecule has 1 aliphatic heterocycles. The largest absolute Gasteiger partial charge is 0.385 e. The van der Waals surface area contributed by atoms with Gasteiger partial charge in [-0.1, -0.05) is 20.3 Å². The highest BCUT2D eigenvalue weighted by Gasteiger charge is 2.26. The topological polar surface area (TPSA) is 32.3 Å². The van der Waals surface area contributed by atoms with Gasteiger partial charge in [0.2, 0.25) is 0 Å². The Labute approximate surface area is 122 Å². The maximum Gasteiger partial charge on any atom is 0.254 e. The van der Waals surface area contributed by atoms with Crippen molar-refractivity contribution < 1.29 is 4.79 Å². The Kier molecular flexibility index (Phi) is 5.05. The maximum absolute atomic E-state index is 12.6. The van der Waals surface area contributed by atoms with E-state index < -0.39 is 0 Å². The zero-order valence-corrected chi connectivity index (χ0v) is 12.9. The molecule has 0 bridgehead atoms. The predicted octanol–water partition coefficient (Wildman–Crippen LogP) is 3.69. The average Bonchev–Trinajstić information content (AvgIpc) is 2.93. The number of aryl methyl sites for hydroxylation is 1. The van der Waals surface area contributed by atoms with E-state index >= 15 is 0 Å². The lowest BCUT2D eigenvalue weighted by Gasteiger charge is -2.18. The summed E-state index contributed by atoms with van der Waals surface area (Å²) in [6.45, 7) is 9.18. The van der Waals surface area contributed by atoms with Crippen molar-refractivity contribution in [3.63, 3.8) is 0 Å². The van der Waals surface area contributed by atoms with Crippen molar-refractivity contribution in [3.05, 3.63) is 29.3 Å². The minimum Gasteiger partial charge on any atom is -0.385 e. The Balaban J connectivity index is 2.07. The molecule has 1 aromatic rings. The molecular formula is C17H26N2O. The van der Waals surface area contributed by atoms with Crippen LogP contribution in [0.15, 0.2) is 18.2 Å². The Morgan fingerprint density at radius 1 is 1.40 bits per heavy atom. The molecule has 2 rings (SSSR count). The fourth-order valence-corrected chi connectivity index (χ4v) is 2.80. The van der Waals surface area contributed by atoms with Crippen LogP contribution in [-0.2, 0) is 0 Å². The molecule has 1 atom stereocenters. The number of nitrogens with one attached hydrogen (secondary N) is 1. The van der Waals surface area contributed by atoms with Gasteiger partial charge < -0.3 is 10.2 Å². The molecule has 0 aromatic heterocycles. The standard InChI is InChI=1S/C17H26N2O/c1-4-9-18-15-6-7-16(13(3)11-15)17(20)19-10-8-14(5-2)12-19/h6-7,11,14,18H,4-5,8-10,12H2,1-3H3. The monoisotopic (exact) mass is 274 g/mol. The molecule has 1 amide bonds. The van der Waals surface area contributed by atoms with Crippen molar-refractivity contribution >= 4 is 11.6 Å². The van der Waals surface area contributed by atoms with Crippen LogP contribution in [-0.4, -0.2) is 30.4 Å². The van der Waals surface area contributed by atoms with E-state index in [1.807, 2.05) is 24.0 Å². The third-order valence-electron chi connectivity index (χ3n) is 4.19. The zero-order chi connectivity index (χ0) is 14.5. The van der Waals surface area contributed by atoms with Gasteiger partial charge in [-0.3, -0.25) is 4.79 Å². The second-order valence-corrected chi connectivity index (χ2v) is 5.77. The number of carbonyl (C=O) groups excluding carboxylic acids is 1. The average molecular weight is 274 g/mol. The predicted molar refractivity (Wildman–Crippen MR) is 84.3 cm³/mol. The number of nitrogens with zero attached hydrogens (tertiary/aromatic N) is 1. The van der Waals surface area contributed by atoms with Gasteiger partial charge in [-0.25, -0.2) is 0 Å². The zero-order valence-electron chi connectivity index (χ0n) is 12.9. The van der Waals surface area contributed by atoms with Crippen LogP contribution < -0.4 is 5.32 Å². The quantitative estimate of drug-likeness (QED) is 0.888. The van der Waals surface area contributed by atoms with Crippen molar-refractivity contribution in [3.8, 4) is 0 Å². The van der Waals surface area contributed by atoms with E-state index in [9.17, 15) is 4.79 Å². The molecular weight excluding hydrogens is 248 g/mol. The number of hydrogen-bond acceptors (Lipinski definition) is 2. The highest BCUT2D eigenvalue weighted by atomic mass is 16.2. The van der Waals surface area contributed by atoms with Crippen molar-refractivity contribution in [1.82, 2.24) is 4.90 Å². The fraction of sp³-hybridized carbons (Fsp3) is 0.588. The van der Waals surface area contributed by atoms with Crippen molar-refractivity contribution in [1.29, 1.82) is 0 Å². The lowest BCUT2D eigenvalue weighted by Crippen LogP contribution is -2.29. The first-order valence-corrected chi connectivity index (χ1v) is 7.79.